The van der Waals surface area contributed by atoms with Crippen LogP contribution in [0.2, 0.25) is 0 Å². The van der Waals surface area contributed by atoms with Crippen molar-refractivity contribution in [2.75, 3.05) is 49.1 Å². The van der Waals surface area contributed by atoms with Crippen LogP contribution in [0.5, 0.6) is 5.75 Å². The van der Waals surface area contributed by atoms with Crippen molar-refractivity contribution in [1.82, 2.24) is 30.3 Å². The summed E-state index contributed by atoms with van der Waals surface area (Å²) in [5.74, 6) is 3.44. The second-order valence-corrected chi connectivity index (χ2v) is 13.7. The van der Waals surface area contributed by atoms with Gasteiger partial charge in [-0.3, -0.25) is 4.79 Å². The lowest BCUT2D eigenvalue weighted by atomic mass is 9.84. The third kappa shape index (κ3) is 7.89. The number of ether oxygens (including phenoxy) is 2. The van der Waals surface area contributed by atoms with Gasteiger partial charge < -0.3 is 34.0 Å². The van der Waals surface area contributed by atoms with Crippen LogP contribution in [0.4, 0.5) is 16.8 Å². The Morgan fingerprint density at radius 1 is 1.09 bits per heavy atom. The van der Waals surface area contributed by atoms with E-state index in [0.717, 1.165) is 44.6 Å². The van der Waals surface area contributed by atoms with Crippen LogP contribution >= 0.6 is 0 Å². The van der Waals surface area contributed by atoms with Gasteiger partial charge in [0.15, 0.2) is 11.6 Å². The second-order valence-electron chi connectivity index (χ2n) is 13.7. The Balaban J connectivity index is 1.09. The maximum Gasteiger partial charge on any atom is 0.408 e. The van der Waals surface area contributed by atoms with Crippen molar-refractivity contribution in [3.63, 3.8) is 0 Å². The van der Waals surface area contributed by atoms with E-state index in [-0.39, 0.29) is 23.9 Å². The third-order valence-electron chi connectivity index (χ3n) is 8.80. The number of anilines is 2. The number of hydrogen-bond acceptors (Lipinski definition) is 11. The van der Waals surface area contributed by atoms with Crippen LogP contribution in [0.15, 0.2) is 16.9 Å². The maximum absolute atomic E-state index is 12.6. The van der Waals surface area contributed by atoms with E-state index in [9.17, 15) is 9.59 Å². The van der Waals surface area contributed by atoms with Crippen LogP contribution in [0.3, 0.4) is 0 Å². The highest BCUT2D eigenvalue weighted by Gasteiger charge is 2.42. The second kappa shape index (κ2) is 13.6. The van der Waals surface area contributed by atoms with Crippen molar-refractivity contribution < 1.29 is 23.6 Å². The van der Waals surface area contributed by atoms with Crippen molar-refractivity contribution in [1.29, 1.82) is 0 Å². The molecule has 44 heavy (non-hydrogen) atoms. The summed E-state index contributed by atoms with van der Waals surface area (Å²) < 4.78 is 17.0. The summed E-state index contributed by atoms with van der Waals surface area (Å²) in [6.07, 6.45) is 7.39. The molecule has 2 aromatic rings. The van der Waals surface area contributed by atoms with Crippen molar-refractivity contribution in [2.24, 2.45) is 11.8 Å². The van der Waals surface area contributed by atoms with E-state index in [1.165, 1.54) is 0 Å². The molecule has 0 saturated carbocycles. The number of piperidine rings is 1. The molecule has 3 aliphatic rings. The lowest BCUT2D eigenvalue weighted by Gasteiger charge is -2.33. The molecule has 5 rings (SSSR count). The van der Waals surface area contributed by atoms with Gasteiger partial charge in [-0.1, -0.05) is 25.9 Å². The third-order valence-corrected chi connectivity index (χ3v) is 8.80. The summed E-state index contributed by atoms with van der Waals surface area (Å²) in [5, 5.41) is 7.08. The molecular weight excluding hydrogens is 564 g/mol. The van der Waals surface area contributed by atoms with Gasteiger partial charge in [-0.25, -0.2) is 14.8 Å². The van der Waals surface area contributed by atoms with Crippen LogP contribution < -0.4 is 19.9 Å². The minimum absolute atomic E-state index is 0.115. The molecule has 3 atom stereocenters. The Bertz CT molecular complexity index is 1250. The van der Waals surface area contributed by atoms with Gasteiger partial charge in [-0.2, -0.15) is 4.98 Å². The van der Waals surface area contributed by atoms with Crippen LogP contribution in [0, 0.1) is 11.8 Å². The zero-order chi connectivity index (χ0) is 31.4. The largest absolute Gasteiger partial charge is 0.490 e. The normalized spacial score (nSPS) is 22.2. The van der Waals surface area contributed by atoms with Gasteiger partial charge in [0, 0.05) is 45.1 Å². The standard InChI is InChI=1S/C31H48N8O5/c1-20(2)27-35-29(44-36-27)37-13-9-22(10-14-37)21(3)11-15-42-23-16-32-28(33-17-23)38-18-24(34-30(41)43-31(4,5)6)25(19-38)39-12-7-8-26(39)40/h16-17,20-22,24-25H,7-15,18-19H2,1-6H3,(H,34,41)/t21-,24+,25+/m1/s1. The van der Waals surface area contributed by atoms with Crippen LogP contribution in [-0.2, 0) is 9.53 Å². The first-order valence-electron chi connectivity index (χ1n) is 16.0. The number of carbonyl (C=O) groups is 2. The summed E-state index contributed by atoms with van der Waals surface area (Å²) in [7, 11) is 0. The SMILES string of the molecule is CC(C)c1noc(N2CCC([C@H](C)CCOc3cnc(N4C[C@H](NC(=O)OC(C)(C)C)[C@@H](N5CCCC5=O)C4)nc3)CC2)n1. The number of nitrogens with one attached hydrogen (secondary N) is 1. The Kier molecular flexibility index (Phi) is 9.79. The lowest BCUT2D eigenvalue weighted by molar-refractivity contribution is -0.129. The predicted molar refractivity (Wildman–Crippen MR) is 165 cm³/mol. The van der Waals surface area contributed by atoms with Gasteiger partial charge in [0.05, 0.1) is 31.1 Å². The average molecular weight is 613 g/mol. The van der Waals surface area contributed by atoms with E-state index in [2.05, 4.69) is 51.1 Å². The first-order chi connectivity index (χ1) is 21.0. The van der Waals surface area contributed by atoms with Crippen LogP contribution in [0.25, 0.3) is 0 Å². The fourth-order valence-corrected chi connectivity index (χ4v) is 6.28. The predicted octanol–water partition coefficient (Wildman–Crippen LogP) is 4.01. The number of alkyl carbamates (subject to hydrolysis) is 1. The number of rotatable bonds is 10. The molecule has 5 heterocycles. The van der Waals surface area contributed by atoms with Gasteiger partial charge in [-0.15, -0.1) is 0 Å². The molecule has 13 nitrogen and oxygen atoms in total. The van der Waals surface area contributed by atoms with E-state index < -0.39 is 11.7 Å². The van der Waals surface area contributed by atoms with Gasteiger partial charge in [0.1, 0.15) is 5.60 Å². The van der Waals surface area contributed by atoms with Gasteiger partial charge in [0.25, 0.3) is 0 Å². The molecule has 0 aromatic carbocycles. The Hall–Kier alpha value is -3.64. The molecule has 0 bridgehead atoms. The number of likely N-dealkylation sites (tertiary alicyclic amines) is 1. The molecule has 0 spiro atoms. The van der Waals surface area contributed by atoms with E-state index >= 15 is 0 Å². The molecule has 242 valence electrons. The van der Waals surface area contributed by atoms with Crippen molar-refractivity contribution >= 4 is 24.0 Å². The molecule has 3 saturated heterocycles. The first kappa shape index (κ1) is 31.8. The minimum atomic E-state index is -0.608. The maximum atomic E-state index is 12.6. The van der Waals surface area contributed by atoms with Gasteiger partial charge in [-0.05, 0) is 58.3 Å². The quantitative estimate of drug-likeness (QED) is 0.416. The van der Waals surface area contributed by atoms with Crippen molar-refractivity contribution in [3.05, 3.63) is 18.2 Å². The molecule has 0 aliphatic carbocycles. The van der Waals surface area contributed by atoms with Gasteiger partial charge in [0.2, 0.25) is 11.9 Å². The molecule has 2 amide bonds. The molecule has 0 radical (unpaired) electrons. The molecule has 2 aromatic heterocycles. The molecule has 3 fully saturated rings. The van der Waals surface area contributed by atoms with E-state index in [4.69, 9.17) is 14.0 Å². The van der Waals surface area contributed by atoms with Gasteiger partial charge >= 0.3 is 12.1 Å². The van der Waals surface area contributed by atoms with E-state index in [1.807, 2.05) is 30.6 Å². The lowest BCUT2D eigenvalue weighted by Crippen LogP contribution is -2.52. The highest BCUT2D eigenvalue weighted by atomic mass is 16.6. The number of hydrogen-bond donors (Lipinski definition) is 1. The summed E-state index contributed by atoms with van der Waals surface area (Å²) in [6, 6.07) is 0.176. The minimum Gasteiger partial charge on any atom is -0.490 e. The zero-order valence-corrected chi connectivity index (χ0v) is 27.0. The van der Waals surface area contributed by atoms with E-state index in [0.29, 0.717) is 62.2 Å². The summed E-state index contributed by atoms with van der Waals surface area (Å²) >= 11 is 0. The fourth-order valence-electron chi connectivity index (χ4n) is 6.28. The highest BCUT2D eigenvalue weighted by molar-refractivity contribution is 5.79. The molecule has 3 aliphatic heterocycles. The average Bonchev–Trinajstić information content (AvgIpc) is 3.73. The molecule has 13 heteroatoms. The number of nitrogens with zero attached hydrogens (tertiary/aromatic N) is 7. The van der Waals surface area contributed by atoms with Crippen LogP contribution in [-0.4, -0.2) is 94.0 Å². The Morgan fingerprint density at radius 2 is 1.82 bits per heavy atom. The number of aromatic nitrogens is 4. The zero-order valence-electron chi connectivity index (χ0n) is 27.0. The van der Waals surface area contributed by atoms with Crippen LogP contribution in [0.1, 0.15) is 85.4 Å². The molecule has 0 unspecified atom stereocenters. The fraction of sp³-hybridized carbons (Fsp3) is 0.742. The van der Waals surface area contributed by atoms with Crippen molar-refractivity contribution in [2.45, 2.75) is 97.2 Å². The van der Waals surface area contributed by atoms with Crippen molar-refractivity contribution in [3.8, 4) is 5.75 Å². The molecule has 1 N–H and O–H groups in total. The Morgan fingerprint density at radius 3 is 2.43 bits per heavy atom. The molecular formula is C31H48N8O5. The summed E-state index contributed by atoms with van der Waals surface area (Å²) in [4.78, 5) is 44.9. The number of amides is 2. The summed E-state index contributed by atoms with van der Waals surface area (Å²) in [5.41, 5.74) is -0.608. The Labute approximate surface area is 260 Å². The summed E-state index contributed by atoms with van der Waals surface area (Å²) in [6.45, 7) is 16.1. The monoisotopic (exact) mass is 612 g/mol. The smallest absolute Gasteiger partial charge is 0.408 e. The number of carbonyl (C=O) groups excluding carboxylic acids is 2. The first-order valence-corrected chi connectivity index (χ1v) is 16.0. The van der Waals surface area contributed by atoms with E-state index in [1.54, 1.807) is 12.4 Å². The highest BCUT2D eigenvalue weighted by Crippen LogP contribution is 2.30. The topological polar surface area (TPSA) is 139 Å².